The molecule has 0 radical (unpaired) electrons. The summed E-state index contributed by atoms with van der Waals surface area (Å²) in [6, 6.07) is 0.471. The van der Waals surface area contributed by atoms with Crippen LogP contribution >= 0.6 is 0 Å². The van der Waals surface area contributed by atoms with Crippen LogP contribution in [0.2, 0.25) is 6.04 Å². The van der Waals surface area contributed by atoms with Gasteiger partial charge in [0.1, 0.15) is 11.3 Å². The molecule has 0 aliphatic rings. The SMILES string of the molecule is CCO[Si](CCCC(N)(CC(=O)C(C)(C)C)C(=O)O)(OCC)OCC. The lowest BCUT2D eigenvalue weighted by Crippen LogP contribution is -2.52. The molecule has 1 atom stereocenters. The van der Waals surface area contributed by atoms with Gasteiger partial charge in [0.2, 0.25) is 0 Å². The highest BCUT2D eigenvalue weighted by molar-refractivity contribution is 6.60. The van der Waals surface area contributed by atoms with Gasteiger partial charge in [-0.3, -0.25) is 9.59 Å². The number of hydrogen-bond acceptors (Lipinski definition) is 6. The van der Waals surface area contributed by atoms with Gasteiger partial charge in [-0.2, -0.15) is 0 Å². The summed E-state index contributed by atoms with van der Waals surface area (Å²) < 4.78 is 17.3. The van der Waals surface area contributed by atoms with E-state index in [2.05, 4.69) is 0 Å². The van der Waals surface area contributed by atoms with E-state index in [4.69, 9.17) is 19.0 Å². The molecule has 148 valence electrons. The van der Waals surface area contributed by atoms with Gasteiger partial charge in [0, 0.05) is 37.7 Å². The quantitative estimate of drug-likeness (QED) is 0.475. The third kappa shape index (κ3) is 7.95. The highest BCUT2D eigenvalue weighted by Gasteiger charge is 2.43. The zero-order valence-corrected chi connectivity index (χ0v) is 17.5. The van der Waals surface area contributed by atoms with Crippen molar-refractivity contribution in [2.45, 2.75) is 72.4 Å². The Kier molecular flexibility index (Phi) is 10.0. The zero-order chi connectivity index (χ0) is 19.7. The second-order valence-electron chi connectivity index (χ2n) is 7.15. The van der Waals surface area contributed by atoms with Crippen molar-refractivity contribution < 1.29 is 28.0 Å². The molecule has 1 unspecified atom stereocenters. The summed E-state index contributed by atoms with van der Waals surface area (Å²) >= 11 is 0. The summed E-state index contributed by atoms with van der Waals surface area (Å²) in [5.74, 6) is -1.33. The standard InChI is InChI=1S/C17H35NO6Si/c1-7-22-25(23-8-2,24-9-3)12-10-11-17(18,15(20)21)13-14(19)16(4,5)6/h7-13,18H2,1-6H3,(H,20,21). The molecule has 0 saturated heterocycles. The van der Waals surface area contributed by atoms with Crippen LogP contribution in [0, 0.1) is 5.41 Å². The Bertz CT molecular complexity index is 420. The van der Waals surface area contributed by atoms with Crippen LogP contribution < -0.4 is 5.73 Å². The van der Waals surface area contributed by atoms with Crippen molar-refractivity contribution >= 4 is 20.6 Å². The van der Waals surface area contributed by atoms with Crippen LogP contribution in [0.25, 0.3) is 0 Å². The second kappa shape index (κ2) is 10.4. The van der Waals surface area contributed by atoms with Crippen LogP contribution in [0.3, 0.4) is 0 Å². The fraction of sp³-hybridized carbons (Fsp3) is 0.882. The van der Waals surface area contributed by atoms with E-state index in [0.717, 1.165) is 0 Å². The lowest BCUT2D eigenvalue weighted by atomic mass is 9.80. The molecule has 8 heteroatoms. The number of carbonyl (C=O) groups excluding carboxylic acids is 1. The molecule has 0 fully saturated rings. The number of ketones is 1. The summed E-state index contributed by atoms with van der Waals surface area (Å²) in [6.45, 7) is 12.3. The van der Waals surface area contributed by atoms with Gasteiger partial charge in [-0.25, -0.2) is 0 Å². The third-order valence-electron chi connectivity index (χ3n) is 3.94. The molecule has 0 saturated carbocycles. The fourth-order valence-electron chi connectivity index (χ4n) is 2.44. The van der Waals surface area contributed by atoms with Crippen LogP contribution in [-0.4, -0.2) is 51.0 Å². The van der Waals surface area contributed by atoms with Crippen LogP contribution in [0.15, 0.2) is 0 Å². The van der Waals surface area contributed by atoms with Gasteiger partial charge in [0.15, 0.2) is 0 Å². The smallest absolute Gasteiger partial charge is 0.480 e. The Morgan fingerprint density at radius 3 is 1.76 bits per heavy atom. The molecule has 0 heterocycles. The summed E-state index contributed by atoms with van der Waals surface area (Å²) in [5.41, 5.74) is 3.85. The molecule has 7 nitrogen and oxygen atoms in total. The van der Waals surface area contributed by atoms with Crippen molar-refractivity contribution in [2.24, 2.45) is 11.1 Å². The number of rotatable bonds is 13. The van der Waals surface area contributed by atoms with E-state index in [0.29, 0.717) is 32.3 Å². The number of carboxylic acid groups (broad SMARTS) is 1. The van der Waals surface area contributed by atoms with Gasteiger partial charge in [0.05, 0.1) is 0 Å². The molecule has 0 aliphatic carbocycles. The summed E-state index contributed by atoms with van der Waals surface area (Å²) in [4.78, 5) is 23.9. The van der Waals surface area contributed by atoms with E-state index in [1.807, 2.05) is 20.8 Å². The molecular weight excluding hydrogens is 342 g/mol. The van der Waals surface area contributed by atoms with Crippen LogP contribution in [0.5, 0.6) is 0 Å². The van der Waals surface area contributed by atoms with Crippen LogP contribution in [0.4, 0.5) is 0 Å². The Hall–Kier alpha value is -0.803. The molecule has 0 aliphatic heterocycles. The largest absolute Gasteiger partial charge is 0.500 e. The van der Waals surface area contributed by atoms with Crippen molar-refractivity contribution in [3.63, 3.8) is 0 Å². The average Bonchev–Trinajstić information content (AvgIpc) is 2.46. The normalized spacial score (nSPS) is 15.0. The maximum Gasteiger partial charge on any atom is 0.500 e. The monoisotopic (exact) mass is 377 g/mol. The molecule has 0 aromatic rings. The van der Waals surface area contributed by atoms with Crippen molar-refractivity contribution in [2.75, 3.05) is 19.8 Å². The zero-order valence-electron chi connectivity index (χ0n) is 16.5. The molecule has 0 aromatic heterocycles. The first-order chi connectivity index (χ1) is 11.5. The minimum absolute atomic E-state index is 0.159. The molecule has 0 amide bonds. The molecule has 0 spiro atoms. The maximum atomic E-state index is 12.2. The van der Waals surface area contributed by atoms with Crippen molar-refractivity contribution in [3.05, 3.63) is 0 Å². The number of Topliss-reactive ketones (excluding diaryl/α,β-unsaturated/α-hetero) is 1. The van der Waals surface area contributed by atoms with E-state index >= 15 is 0 Å². The number of nitrogens with two attached hydrogens (primary N) is 1. The summed E-state index contributed by atoms with van der Waals surface area (Å²) in [5, 5.41) is 9.53. The first-order valence-corrected chi connectivity index (χ1v) is 10.9. The molecule has 3 N–H and O–H groups in total. The van der Waals surface area contributed by atoms with Gasteiger partial charge < -0.3 is 24.1 Å². The number of carboxylic acids is 1. The number of aliphatic carboxylic acids is 1. The lowest BCUT2D eigenvalue weighted by Gasteiger charge is -2.31. The van der Waals surface area contributed by atoms with E-state index in [-0.39, 0.29) is 18.6 Å². The Morgan fingerprint density at radius 1 is 1.00 bits per heavy atom. The van der Waals surface area contributed by atoms with E-state index < -0.39 is 25.7 Å². The topological polar surface area (TPSA) is 108 Å². The average molecular weight is 378 g/mol. The first kappa shape index (κ1) is 24.2. The molecule has 25 heavy (non-hydrogen) atoms. The third-order valence-corrected chi connectivity index (χ3v) is 7.09. The summed E-state index contributed by atoms with van der Waals surface area (Å²) in [6.07, 6.45) is 0.414. The Morgan fingerprint density at radius 2 is 1.44 bits per heavy atom. The van der Waals surface area contributed by atoms with Gasteiger partial charge in [0.25, 0.3) is 0 Å². The van der Waals surface area contributed by atoms with E-state index in [1.165, 1.54) is 0 Å². The lowest BCUT2D eigenvalue weighted by molar-refractivity contribution is -0.146. The van der Waals surface area contributed by atoms with Crippen molar-refractivity contribution in [3.8, 4) is 0 Å². The molecule has 0 aromatic carbocycles. The van der Waals surface area contributed by atoms with Gasteiger partial charge >= 0.3 is 14.8 Å². The first-order valence-electron chi connectivity index (χ1n) is 8.93. The number of carbonyl (C=O) groups is 2. The fourth-order valence-corrected chi connectivity index (χ4v) is 5.06. The highest BCUT2D eigenvalue weighted by Crippen LogP contribution is 2.27. The van der Waals surface area contributed by atoms with Crippen molar-refractivity contribution in [1.29, 1.82) is 0 Å². The predicted octanol–water partition coefficient (Wildman–Crippen LogP) is 2.60. The Labute approximate surface area is 152 Å². The minimum atomic E-state index is -2.84. The predicted molar refractivity (Wildman–Crippen MR) is 98.3 cm³/mol. The molecule has 0 bridgehead atoms. The second-order valence-corrected chi connectivity index (χ2v) is 9.88. The van der Waals surface area contributed by atoms with Gasteiger partial charge in [-0.15, -0.1) is 0 Å². The Balaban J connectivity index is 5.04. The van der Waals surface area contributed by atoms with E-state index in [1.54, 1.807) is 20.8 Å². The minimum Gasteiger partial charge on any atom is -0.480 e. The highest BCUT2D eigenvalue weighted by atomic mass is 28.4. The van der Waals surface area contributed by atoms with Crippen molar-refractivity contribution in [1.82, 2.24) is 0 Å². The number of hydrogen-bond donors (Lipinski definition) is 2. The molecule has 0 rings (SSSR count). The van der Waals surface area contributed by atoms with Crippen LogP contribution in [0.1, 0.15) is 60.8 Å². The summed E-state index contributed by atoms with van der Waals surface area (Å²) in [7, 11) is -2.84. The maximum absolute atomic E-state index is 12.2. The van der Waals surface area contributed by atoms with Gasteiger partial charge in [-0.1, -0.05) is 20.8 Å². The van der Waals surface area contributed by atoms with Crippen LogP contribution in [-0.2, 0) is 22.9 Å². The molecular formula is C17H35NO6Si. The van der Waals surface area contributed by atoms with E-state index in [9.17, 15) is 14.7 Å². The van der Waals surface area contributed by atoms with Gasteiger partial charge in [-0.05, 0) is 33.6 Å².